The maximum atomic E-state index is 13.9. The minimum Gasteiger partial charge on any atom is -0.457 e. The molecule has 0 bridgehead atoms. The lowest BCUT2D eigenvalue weighted by Crippen LogP contribution is -2.46. The molecule has 0 spiro atoms. The van der Waals surface area contributed by atoms with Crippen LogP contribution in [-0.2, 0) is 32.6 Å². The lowest BCUT2D eigenvalue weighted by Gasteiger charge is -2.40. The molecule has 0 saturated carbocycles. The normalized spacial score (nSPS) is 32.5. The monoisotopic (exact) mass is 845 g/mol. The highest BCUT2D eigenvalue weighted by atomic mass is 28.4. The van der Waals surface area contributed by atoms with Crippen molar-refractivity contribution in [3.63, 3.8) is 0 Å². The summed E-state index contributed by atoms with van der Waals surface area (Å²) in [4.78, 5) is 13.9. The molecule has 58 heavy (non-hydrogen) atoms. The molecule has 3 heterocycles. The smallest absolute Gasteiger partial charge is 0.308 e. The molecular weight excluding hydrogens is 765 g/mol. The number of epoxide rings is 1. The summed E-state index contributed by atoms with van der Waals surface area (Å²) >= 11 is 0. The van der Waals surface area contributed by atoms with Crippen molar-refractivity contribution in [2.45, 2.75) is 212 Å². The highest BCUT2D eigenvalue weighted by molar-refractivity contribution is 6.74. The van der Waals surface area contributed by atoms with E-state index in [1.54, 1.807) is 6.08 Å². The second kappa shape index (κ2) is 19.2. The number of hydrogen-bond donors (Lipinski definition) is 2. The van der Waals surface area contributed by atoms with Crippen LogP contribution in [-0.4, -0.2) is 87.2 Å². The van der Waals surface area contributed by atoms with Crippen molar-refractivity contribution in [3.8, 4) is 0 Å². The van der Waals surface area contributed by atoms with Gasteiger partial charge in [-0.3, -0.25) is 4.79 Å². The second-order valence-electron chi connectivity index (χ2n) is 21.1. The number of benzene rings is 1. The summed E-state index contributed by atoms with van der Waals surface area (Å²) in [6, 6.07) is 9.97. The number of aliphatic hydroxyl groups excluding tert-OH is 2. The fourth-order valence-corrected chi connectivity index (χ4v) is 10.8. The van der Waals surface area contributed by atoms with Gasteiger partial charge in [0.1, 0.15) is 12.2 Å². The van der Waals surface area contributed by atoms with Crippen LogP contribution in [0.5, 0.6) is 0 Å². The molecule has 0 radical (unpaired) electrons. The lowest BCUT2D eigenvalue weighted by atomic mass is 9.88. The first kappa shape index (κ1) is 49.0. The van der Waals surface area contributed by atoms with Crippen molar-refractivity contribution in [1.82, 2.24) is 0 Å². The van der Waals surface area contributed by atoms with Gasteiger partial charge >= 0.3 is 5.97 Å². The van der Waals surface area contributed by atoms with E-state index in [1.807, 2.05) is 63.3 Å². The molecule has 3 unspecified atom stereocenters. The molecule has 11 heteroatoms. The van der Waals surface area contributed by atoms with E-state index in [0.717, 1.165) is 12.0 Å². The molecule has 2 fully saturated rings. The third-order valence-electron chi connectivity index (χ3n) is 14.1. The fourth-order valence-electron chi connectivity index (χ4n) is 7.88. The average molecular weight is 845 g/mol. The molecule has 0 aliphatic carbocycles. The van der Waals surface area contributed by atoms with Gasteiger partial charge in [0, 0.05) is 23.5 Å². The molecule has 0 amide bonds. The van der Waals surface area contributed by atoms with E-state index < -0.39 is 46.8 Å². The SMILES string of the molecule is CC[C@H](O[Si](C)(C)C(C)(C)C)[C@@H](C)[C@H]1O[C@@H]1C[C@H](C)C(O)C(O)/C=C(\C)[C@H]1OC(=O)C[C@H](O[Si](C)(C)C(C)(C)C)CC[C@@]2(C)OC(c3ccccc3)O[C@H]2/C=C/[C@@H]1C. The Morgan fingerprint density at radius 2 is 1.60 bits per heavy atom. The summed E-state index contributed by atoms with van der Waals surface area (Å²) in [5.41, 5.74) is 0.953. The van der Waals surface area contributed by atoms with E-state index in [2.05, 4.69) is 88.5 Å². The third-order valence-corrected chi connectivity index (χ3v) is 23.1. The largest absolute Gasteiger partial charge is 0.457 e. The van der Waals surface area contributed by atoms with Gasteiger partial charge in [-0.1, -0.05) is 118 Å². The highest BCUT2D eigenvalue weighted by Crippen LogP contribution is 2.45. The van der Waals surface area contributed by atoms with Crippen LogP contribution in [0.2, 0.25) is 36.3 Å². The summed E-state index contributed by atoms with van der Waals surface area (Å²) in [5.74, 6) is -0.637. The molecule has 3 aliphatic rings. The van der Waals surface area contributed by atoms with Crippen molar-refractivity contribution in [1.29, 1.82) is 0 Å². The van der Waals surface area contributed by atoms with Gasteiger partial charge in [-0.2, -0.15) is 0 Å². The number of aliphatic hydroxyl groups is 2. The van der Waals surface area contributed by atoms with Crippen LogP contribution in [0.1, 0.15) is 127 Å². The quantitative estimate of drug-likeness (QED) is 0.0817. The number of carbonyl (C=O) groups is 1. The zero-order valence-electron chi connectivity index (χ0n) is 38.8. The number of hydrogen-bond acceptors (Lipinski definition) is 9. The first-order valence-corrected chi connectivity index (χ1v) is 27.8. The van der Waals surface area contributed by atoms with E-state index in [9.17, 15) is 15.0 Å². The van der Waals surface area contributed by atoms with Crippen LogP contribution < -0.4 is 0 Å². The number of esters is 1. The minimum absolute atomic E-state index is 0.00172. The Morgan fingerprint density at radius 3 is 2.19 bits per heavy atom. The van der Waals surface area contributed by atoms with Gasteiger partial charge in [-0.15, -0.1) is 0 Å². The summed E-state index contributed by atoms with van der Waals surface area (Å²) in [7, 11) is -4.20. The molecule has 2 N–H and O–H groups in total. The molecule has 9 nitrogen and oxygen atoms in total. The molecule has 3 aliphatic heterocycles. The number of carbonyl (C=O) groups excluding carboxylic acids is 1. The third kappa shape index (κ3) is 12.2. The molecule has 2 saturated heterocycles. The first-order valence-electron chi connectivity index (χ1n) is 22.0. The number of fused-ring (bicyclic) bond motifs is 1. The number of cyclic esters (lactones) is 1. The molecule has 1 aromatic rings. The maximum Gasteiger partial charge on any atom is 0.308 e. The minimum atomic E-state index is -2.26. The van der Waals surface area contributed by atoms with Gasteiger partial charge in [0.05, 0.1) is 42.5 Å². The second-order valence-corrected chi connectivity index (χ2v) is 30.6. The molecule has 330 valence electrons. The van der Waals surface area contributed by atoms with Gasteiger partial charge in [0.25, 0.3) is 0 Å². The summed E-state index contributed by atoms with van der Waals surface area (Å²) in [6.07, 6.45) is 4.60. The zero-order valence-corrected chi connectivity index (χ0v) is 40.8. The van der Waals surface area contributed by atoms with Gasteiger partial charge in [-0.25, -0.2) is 0 Å². The van der Waals surface area contributed by atoms with Crippen LogP contribution >= 0.6 is 0 Å². The van der Waals surface area contributed by atoms with Crippen molar-refractivity contribution >= 4 is 22.6 Å². The van der Waals surface area contributed by atoms with Crippen LogP contribution in [0, 0.1) is 17.8 Å². The maximum absolute atomic E-state index is 13.9. The molecule has 1 aromatic carbocycles. The van der Waals surface area contributed by atoms with E-state index >= 15 is 0 Å². The number of ether oxygens (including phenoxy) is 4. The predicted octanol–water partition coefficient (Wildman–Crippen LogP) is 10.4. The Labute approximate surface area is 353 Å². The van der Waals surface area contributed by atoms with Crippen LogP contribution in [0.15, 0.2) is 54.1 Å². The first-order chi connectivity index (χ1) is 26.7. The fraction of sp³-hybridized carbons (Fsp3) is 0.766. The summed E-state index contributed by atoms with van der Waals surface area (Å²) in [6.45, 7) is 34.7. The van der Waals surface area contributed by atoms with E-state index in [4.69, 9.17) is 27.8 Å². The summed E-state index contributed by atoms with van der Waals surface area (Å²) < 4.78 is 39.5. The molecule has 4 rings (SSSR count). The average Bonchev–Trinajstić information content (AvgIpc) is 3.81. The zero-order chi connectivity index (χ0) is 43.6. The van der Waals surface area contributed by atoms with Crippen LogP contribution in [0.4, 0.5) is 0 Å². The van der Waals surface area contributed by atoms with E-state index in [0.29, 0.717) is 24.8 Å². The van der Waals surface area contributed by atoms with Gasteiger partial charge in [-0.05, 0) is 87.3 Å². The molecular formula is C47H80O9Si2. The Balaban J connectivity index is 1.51. The molecule has 0 aromatic heterocycles. The topological polar surface area (TPSA) is 116 Å². The highest BCUT2D eigenvalue weighted by Gasteiger charge is 2.50. The Hall–Kier alpha value is -1.68. The van der Waals surface area contributed by atoms with Gasteiger partial charge in [0.2, 0.25) is 0 Å². The van der Waals surface area contributed by atoms with Gasteiger partial charge < -0.3 is 38.0 Å². The van der Waals surface area contributed by atoms with Crippen molar-refractivity contribution in [2.75, 3.05) is 0 Å². The lowest BCUT2D eigenvalue weighted by molar-refractivity contribution is -0.151. The standard InChI is InChI=1S/C47H80O9Si2/c1-17-37(56-58(15,16)46(9,10)11)33(5)43-38(51-43)28-31(3)41(50)36(48)27-32(4)42-30(2)23-24-39-47(12,54-44(52-39)34-21-19-18-20-22-34)26-25-35(29-40(49)53-42)55-57(13,14)45(6,7)8/h18-24,27,30-31,33,35-39,41-44,48,50H,17,25-26,28-29H2,1-16H3/b24-23+,32-27+/t30-,31-,33+,35+,36?,37-,38+,39-,41?,42-,43+,44?,47+/m0/s1. The van der Waals surface area contributed by atoms with Crippen molar-refractivity contribution in [3.05, 3.63) is 59.7 Å². The predicted molar refractivity (Wildman–Crippen MR) is 237 cm³/mol. The Bertz CT molecular complexity index is 1550. The van der Waals surface area contributed by atoms with Crippen molar-refractivity contribution < 1.29 is 42.8 Å². The van der Waals surface area contributed by atoms with E-state index in [-0.39, 0.29) is 70.7 Å². The van der Waals surface area contributed by atoms with Crippen LogP contribution in [0.3, 0.4) is 0 Å². The van der Waals surface area contributed by atoms with Crippen molar-refractivity contribution in [2.24, 2.45) is 17.8 Å². The van der Waals surface area contributed by atoms with Gasteiger partial charge in [0.15, 0.2) is 22.9 Å². The summed E-state index contributed by atoms with van der Waals surface area (Å²) in [5, 5.41) is 22.9. The molecule has 13 atom stereocenters. The Kier molecular flexibility index (Phi) is 16.2. The van der Waals surface area contributed by atoms with Crippen LogP contribution in [0.25, 0.3) is 0 Å². The Morgan fingerprint density at radius 1 is 0.983 bits per heavy atom. The van der Waals surface area contributed by atoms with E-state index in [1.165, 1.54) is 0 Å². The number of rotatable bonds is 14.